The molecule has 0 aliphatic rings. The third-order valence-electron chi connectivity index (χ3n) is 2.52. The van der Waals surface area contributed by atoms with Crippen LogP contribution in [-0.4, -0.2) is 19.7 Å². The van der Waals surface area contributed by atoms with Crippen molar-refractivity contribution in [3.63, 3.8) is 0 Å². The molecule has 0 bridgehead atoms. The van der Waals surface area contributed by atoms with Crippen LogP contribution in [0.25, 0.3) is 0 Å². The highest BCUT2D eigenvalue weighted by Gasteiger charge is 2.13. The number of hydrogen-bond donors (Lipinski definition) is 1. The van der Waals surface area contributed by atoms with Crippen LogP contribution in [-0.2, 0) is 16.4 Å². The molecular weight excluding hydrogens is 328 g/mol. The molecule has 0 saturated heterocycles. The summed E-state index contributed by atoms with van der Waals surface area (Å²) in [7, 11) is -3.28. The lowest BCUT2D eigenvalue weighted by molar-refractivity contribution is 0.601. The summed E-state index contributed by atoms with van der Waals surface area (Å²) in [4.78, 5) is 4.29. The van der Waals surface area contributed by atoms with Crippen LogP contribution in [0.2, 0.25) is 0 Å². The molecule has 6 heteroatoms. The summed E-state index contributed by atoms with van der Waals surface area (Å²) in [6, 6.07) is 11.0. The fourth-order valence-corrected chi connectivity index (χ4v) is 2.90. The molecule has 100 valence electrons. The number of anilines is 1. The van der Waals surface area contributed by atoms with Gasteiger partial charge in [0.2, 0.25) is 0 Å². The standard InChI is InChI=1S/C13H13BrN2O2S/c1-19(17,18)12-6-3-7-15-13(12)16-9-10-4-2-5-11(14)8-10/h2-8H,9H2,1H3,(H,15,16). The average molecular weight is 341 g/mol. The van der Waals surface area contributed by atoms with Gasteiger partial charge in [-0.15, -0.1) is 0 Å². The van der Waals surface area contributed by atoms with Gasteiger partial charge in [-0.05, 0) is 29.8 Å². The van der Waals surface area contributed by atoms with Crippen LogP contribution >= 0.6 is 15.9 Å². The van der Waals surface area contributed by atoms with E-state index >= 15 is 0 Å². The van der Waals surface area contributed by atoms with Crippen molar-refractivity contribution in [2.45, 2.75) is 11.4 Å². The van der Waals surface area contributed by atoms with Crippen molar-refractivity contribution in [3.05, 3.63) is 52.6 Å². The summed E-state index contributed by atoms with van der Waals surface area (Å²) >= 11 is 3.40. The van der Waals surface area contributed by atoms with Gasteiger partial charge in [0.15, 0.2) is 9.84 Å². The van der Waals surface area contributed by atoms with Gasteiger partial charge in [-0.3, -0.25) is 0 Å². The molecule has 4 nitrogen and oxygen atoms in total. The van der Waals surface area contributed by atoms with E-state index in [9.17, 15) is 8.42 Å². The molecule has 0 atom stereocenters. The summed E-state index contributed by atoms with van der Waals surface area (Å²) < 4.78 is 24.2. The minimum atomic E-state index is -3.28. The van der Waals surface area contributed by atoms with E-state index in [2.05, 4.69) is 26.2 Å². The Hall–Kier alpha value is -1.40. The van der Waals surface area contributed by atoms with Crippen molar-refractivity contribution in [3.8, 4) is 0 Å². The SMILES string of the molecule is CS(=O)(=O)c1cccnc1NCc1cccc(Br)c1. The summed E-state index contributed by atoms with van der Waals surface area (Å²) in [5, 5.41) is 3.05. The quantitative estimate of drug-likeness (QED) is 0.929. The number of pyridine rings is 1. The number of nitrogens with one attached hydrogen (secondary N) is 1. The molecule has 1 aromatic heterocycles. The fraction of sp³-hybridized carbons (Fsp3) is 0.154. The van der Waals surface area contributed by atoms with Crippen LogP contribution < -0.4 is 5.32 Å². The topological polar surface area (TPSA) is 59.1 Å². The van der Waals surface area contributed by atoms with E-state index in [0.717, 1.165) is 10.0 Å². The largest absolute Gasteiger partial charge is 0.365 e. The smallest absolute Gasteiger partial charge is 0.179 e. The molecule has 0 saturated carbocycles. The minimum Gasteiger partial charge on any atom is -0.365 e. The van der Waals surface area contributed by atoms with Crippen LogP contribution in [0.3, 0.4) is 0 Å². The number of sulfone groups is 1. The highest BCUT2D eigenvalue weighted by atomic mass is 79.9. The minimum absolute atomic E-state index is 0.213. The summed E-state index contributed by atoms with van der Waals surface area (Å²) in [6.07, 6.45) is 2.74. The van der Waals surface area contributed by atoms with Gasteiger partial charge >= 0.3 is 0 Å². The Balaban J connectivity index is 2.21. The Morgan fingerprint density at radius 2 is 2.05 bits per heavy atom. The van der Waals surface area contributed by atoms with Crippen molar-refractivity contribution in [1.82, 2.24) is 4.98 Å². The van der Waals surface area contributed by atoms with Crippen molar-refractivity contribution in [2.24, 2.45) is 0 Å². The molecule has 0 spiro atoms. The predicted octanol–water partition coefficient (Wildman–Crippen LogP) is 2.86. The Morgan fingerprint density at radius 1 is 1.26 bits per heavy atom. The zero-order valence-corrected chi connectivity index (χ0v) is 12.7. The molecule has 19 heavy (non-hydrogen) atoms. The first-order valence-corrected chi connectivity index (χ1v) is 8.28. The van der Waals surface area contributed by atoms with Gasteiger partial charge in [-0.1, -0.05) is 28.1 Å². The molecule has 1 N–H and O–H groups in total. The second-order valence-electron chi connectivity index (χ2n) is 4.11. The first-order chi connectivity index (χ1) is 8.97. The molecule has 0 radical (unpaired) electrons. The molecule has 0 fully saturated rings. The van der Waals surface area contributed by atoms with Crippen molar-refractivity contribution < 1.29 is 8.42 Å². The second-order valence-corrected chi connectivity index (χ2v) is 7.01. The van der Waals surface area contributed by atoms with E-state index in [4.69, 9.17) is 0 Å². The lowest BCUT2D eigenvalue weighted by atomic mass is 10.2. The third-order valence-corrected chi connectivity index (χ3v) is 4.14. The molecule has 1 aromatic carbocycles. The van der Waals surface area contributed by atoms with Gasteiger partial charge in [-0.2, -0.15) is 0 Å². The first kappa shape index (κ1) is 14.0. The zero-order valence-electron chi connectivity index (χ0n) is 10.3. The normalized spacial score (nSPS) is 11.3. The number of rotatable bonds is 4. The number of hydrogen-bond acceptors (Lipinski definition) is 4. The Morgan fingerprint density at radius 3 is 2.74 bits per heavy atom. The zero-order chi connectivity index (χ0) is 13.9. The highest BCUT2D eigenvalue weighted by Crippen LogP contribution is 2.19. The summed E-state index contributed by atoms with van der Waals surface area (Å²) in [5.74, 6) is 0.380. The van der Waals surface area contributed by atoms with Gasteiger partial charge in [0.25, 0.3) is 0 Å². The second kappa shape index (κ2) is 5.71. The van der Waals surface area contributed by atoms with E-state index in [0.29, 0.717) is 12.4 Å². The molecule has 2 rings (SSSR count). The molecule has 0 aliphatic heterocycles. The predicted molar refractivity (Wildman–Crippen MR) is 78.8 cm³/mol. The van der Waals surface area contributed by atoms with Crippen LogP contribution in [0.15, 0.2) is 52.0 Å². The van der Waals surface area contributed by atoms with Crippen molar-refractivity contribution in [2.75, 3.05) is 11.6 Å². The molecule has 0 amide bonds. The average Bonchev–Trinajstić information content (AvgIpc) is 2.36. The number of nitrogens with zero attached hydrogens (tertiary/aromatic N) is 1. The van der Waals surface area contributed by atoms with Crippen molar-refractivity contribution >= 4 is 31.6 Å². The van der Waals surface area contributed by atoms with Crippen molar-refractivity contribution in [1.29, 1.82) is 0 Å². The Bertz CT molecular complexity index is 687. The van der Waals surface area contributed by atoms with Gasteiger partial charge < -0.3 is 5.32 Å². The maximum Gasteiger partial charge on any atom is 0.179 e. The van der Waals surface area contributed by atoms with Gasteiger partial charge in [0.1, 0.15) is 10.7 Å². The number of halogens is 1. The van der Waals surface area contributed by atoms with E-state index in [1.807, 2.05) is 24.3 Å². The van der Waals surface area contributed by atoms with E-state index < -0.39 is 9.84 Å². The Kier molecular flexibility index (Phi) is 4.21. The third kappa shape index (κ3) is 3.78. The molecule has 0 unspecified atom stereocenters. The first-order valence-electron chi connectivity index (χ1n) is 5.60. The maximum atomic E-state index is 11.6. The van der Waals surface area contributed by atoms with E-state index in [1.54, 1.807) is 18.3 Å². The van der Waals surface area contributed by atoms with Crippen LogP contribution in [0.1, 0.15) is 5.56 Å². The van der Waals surface area contributed by atoms with E-state index in [-0.39, 0.29) is 4.90 Å². The number of aromatic nitrogens is 1. The van der Waals surface area contributed by atoms with Gasteiger partial charge in [-0.25, -0.2) is 13.4 Å². The number of benzene rings is 1. The molecule has 0 aliphatic carbocycles. The Labute approximate surface area is 120 Å². The molecular formula is C13H13BrN2O2S. The van der Waals surface area contributed by atoms with E-state index in [1.165, 1.54) is 6.26 Å². The van der Waals surface area contributed by atoms with Gasteiger partial charge in [0.05, 0.1) is 0 Å². The molecule has 1 heterocycles. The van der Waals surface area contributed by atoms with Gasteiger partial charge in [0, 0.05) is 23.5 Å². The maximum absolute atomic E-state index is 11.6. The van der Waals surface area contributed by atoms with Crippen LogP contribution in [0.4, 0.5) is 5.82 Å². The van der Waals surface area contributed by atoms with Crippen LogP contribution in [0, 0.1) is 0 Å². The van der Waals surface area contributed by atoms with Crippen LogP contribution in [0.5, 0.6) is 0 Å². The summed E-state index contributed by atoms with van der Waals surface area (Å²) in [5.41, 5.74) is 1.04. The summed E-state index contributed by atoms with van der Waals surface area (Å²) in [6.45, 7) is 0.513. The fourth-order valence-electron chi connectivity index (χ4n) is 1.66. The lowest BCUT2D eigenvalue weighted by Crippen LogP contribution is -2.07. The lowest BCUT2D eigenvalue weighted by Gasteiger charge is -2.09. The monoisotopic (exact) mass is 340 g/mol. The molecule has 2 aromatic rings. The highest BCUT2D eigenvalue weighted by molar-refractivity contribution is 9.10.